The molecule has 1 N–H and O–H groups in total. The molecule has 0 radical (unpaired) electrons. The van der Waals surface area contributed by atoms with Gasteiger partial charge in [-0.3, -0.25) is 4.79 Å². The Labute approximate surface area is 158 Å². The van der Waals surface area contributed by atoms with E-state index in [1.165, 1.54) is 24.3 Å². The highest BCUT2D eigenvalue weighted by molar-refractivity contribution is 9.10. The molecule has 3 aromatic rings. The van der Waals surface area contributed by atoms with Crippen molar-refractivity contribution in [1.82, 2.24) is 4.98 Å². The number of H-pyrrole nitrogens is 1. The summed E-state index contributed by atoms with van der Waals surface area (Å²) in [7, 11) is 1.31. The lowest BCUT2D eigenvalue weighted by Gasteiger charge is -2.14. The van der Waals surface area contributed by atoms with Crippen LogP contribution in [0.5, 0.6) is 0 Å². The standard InChI is InChI=1S/C16H8BrClF3NO3S/c17-11-7-8(16(19,20)21)1-2-9(11)15-10-3-6-14(23)22-12(10)4-5-13(15)26(18,24)25/h1-7H,(H,22,23). The number of pyridine rings is 1. The van der Waals surface area contributed by atoms with Gasteiger partial charge in [-0.25, -0.2) is 8.42 Å². The lowest BCUT2D eigenvalue weighted by Crippen LogP contribution is -2.06. The first-order valence-corrected chi connectivity index (χ1v) is 10.1. The Hall–Kier alpha value is -1.84. The van der Waals surface area contributed by atoms with E-state index in [9.17, 15) is 26.4 Å². The minimum atomic E-state index is -4.55. The highest BCUT2D eigenvalue weighted by atomic mass is 79.9. The third-order valence-electron chi connectivity index (χ3n) is 3.69. The smallest absolute Gasteiger partial charge is 0.322 e. The zero-order valence-electron chi connectivity index (χ0n) is 12.6. The number of rotatable bonds is 2. The van der Waals surface area contributed by atoms with Crippen molar-refractivity contribution in [3.05, 3.63) is 62.9 Å². The zero-order chi connectivity index (χ0) is 19.3. The molecule has 0 saturated carbocycles. The van der Waals surface area contributed by atoms with Crippen molar-refractivity contribution in [3.8, 4) is 11.1 Å². The van der Waals surface area contributed by atoms with Gasteiger partial charge in [0.2, 0.25) is 5.56 Å². The molecule has 0 aliphatic heterocycles. The first-order chi connectivity index (χ1) is 12.0. The molecule has 0 bridgehead atoms. The van der Waals surface area contributed by atoms with E-state index in [4.69, 9.17) is 10.7 Å². The van der Waals surface area contributed by atoms with E-state index in [2.05, 4.69) is 20.9 Å². The van der Waals surface area contributed by atoms with Crippen LogP contribution in [0.4, 0.5) is 13.2 Å². The number of hydrogen-bond donors (Lipinski definition) is 1. The van der Waals surface area contributed by atoms with Gasteiger partial charge in [0.1, 0.15) is 0 Å². The maximum absolute atomic E-state index is 12.9. The Balaban J connectivity index is 2.42. The molecule has 0 amide bonds. The summed E-state index contributed by atoms with van der Waals surface area (Å²) in [6.07, 6.45) is -4.55. The molecule has 10 heteroatoms. The van der Waals surface area contributed by atoms with Gasteiger partial charge >= 0.3 is 6.18 Å². The van der Waals surface area contributed by atoms with Gasteiger partial charge in [0.25, 0.3) is 9.05 Å². The SMILES string of the molecule is O=c1ccc2c(-c3ccc(C(F)(F)F)cc3Br)c(S(=O)(=O)Cl)ccc2[nH]1. The van der Waals surface area contributed by atoms with Gasteiger partial charge < -0.3 is 4.98 Å². The largest absolute Gasteiger partial charge is 0.416 e. The summed E-state index contributed by atoms with van der Waals surface area (Å²) in [6, 6.07) is 7.99. The Bertz CT molecular complexity index is 1190. The number of nitrogens with one attached hydrogen (secondary N) is 1. The van der Waals surface area contributed by atoms with E-state index in [1.807, 2.05) is 0 Å². The number of alkyl halides is 3. The number of aromatic amines is 1. The topological polar surface area (TPSA) is 67.0 Å². The molecule has 0 unspecified atom stereocenters. The van der Waals surface area contributed by atoms with E-state index >= 15 is 0 Å². The second-order valence-corrected chi connectivity index (χ2v) is 8.74. The van der Waals surface area contributed by atoms with E-state index in [1.54, 1.807) is 0 Å². The van der Waals surface area contributed by atoms with Crippen molar-refractivity contribution < 1.29 is 21.6 Å². The molecule has 0 aliphatic rings. The van der Waals surface area contributed by atoms with Crippen molar-refractivity contribution >= 4 is 46.6 Å². The molecule has 0 atom stereocenters. The molecule has 3 rings (SSSR count). The van der Waals surface area contributed by atoms with Crippen LogP contribution >= 0.6 is 26.6 Å². The summed E-state index contributed by atoms with van der Waals surface area (Å²) >= 11 is 3.07. The van der Waals surface area contributed by atoms with Crippen LogP contribution in [0.25, 0.3) is 22.0 Å². The number of aromatic nitrogens is 1. The van der Waals surface area contributed by atoms with Crippen LogP contribution in [0.15, 0.2) is 56.6 Å². The molecule has 1 heterocycles. The maximum Gasteiger partial charge on any atom is 0.416 e. The van der Waals surface area contributed by atoms with E-state index in [0.29, 0.717) is 10.9 Å². The zero-order valence-corrected chi connectivity index (χ0v) is 15.7. The minimum Gasteiger partial charge on any atom is -0.322 e. The van der Waals surface area contributed by atoms with Gasteiger partial charge in [0, 0.05) is 37.7 Å². The Morgan fingerprint density at radius 1 is 1.04 bits per heavy atom. The normalized spacial score (nSPS) is 12.5. The molecular formula is C16H8BrClF3NO3S. The first kappa shape index (κ1) is 18.9. The molecule has 0 spiro atoms. The molecule has 0 fully saturated rings. The van der Waals surface area contributed by atoms with Crippen molar-refractivity contribution in [3.63, 3.8) is 0 Å². The third-order valence-corrected chi connectivity index (χ3v) is 5.72. The van der Waals surface area contributed by atoms with E-state index < -0.39 is 26.3 Å². The van der Waals surface area contributed by atoms with E-state index in [-0.39, 0.29) is 20.5 Å². The fraction of sp³-hybridized carbons (Fsp3) is 0.0625. The maximum atomic E-state index is 12.9. The van der Waals surface area contributed by atoms with Crippen molar-refractivity contribution in [2.45, 2.75) is 11.1 Å². The summed E-state index contributed by atoms with van der Waals surface area (Å²) in [5.41, 5.74) is -0.693. The lowest BCUT2D eigenvalue weighted by molar-refractivity contribution is -0.137. The van der Waals surface area contributed by atoms with Gasteiger partial charge in [-0.1, -0.05) is 22.0 Å². The van der Waals surface area contributed by atoms with Crippen LogP contribution in [-0.4, -0.2) is 13.4 Å². The summed E-state index contributed by atoms with van der Waals surface area (Å²) < 4.78 is 62.7. The van der Waals surface area contributed by atoms with Crippen LogP contribution < -0.4 is 5.56 Å². The molecule has 0 saturated heterocycles. The van der Waals surface area contributed by atoms with Crippen LogP contribution in [-0.2, 0) is 15.2 Å². The summed E-state index contributed by atoms with van der Waals surface area (Å²) in [5, 5.41) is 0.326. The molecular weight excluding hydrogens is 459 g/mol. The van der Waals surface area contributed by atoms with Gasteiger partial charge in [0.05, 0.1) is 10.5 Å². The van der Waals surface area contributed by atoms with Gasteiger partial charge in [-0.2, -0.15) is 13.2 Å². The molecule has 1 aromatic heterocycles. The fourth-order valence-electron chi connectivity index (χ4n) is 2.59. The van der Waals surface area contributed by atoms with Crippen LogP contribution in [0.3, 0.4) is 0 Å². The Kier molecular flexibility index (Phi) is 4.66. The number of fused-ring (bicyclic) bond motifs is 1. The molecule has 26 heavy (non-hydrogen) atoms. The Morgan fingerprint density at radius 2 is 1.73 bits per heavy atom. The van der Waals surface area contributed by atoms with E-state index in [0.717, 1.165) is 18.2 Å². The van der Waals surface area contributed by atoms with Crippen LogP contribution in [0, 0.1) is 0 Å². The summed E-state index contributed by atoms with van der Waals surface area (Å²) in [6.45, 7) is 0. The fourth-order valence-corrected chi connectivity index (χ4v) is 4.25. The Morgan fingerprint density at radius 3 is 2.31 bits per heavy atom. The molecule has 0 aliphatic carbocycles. The predicted octanol–water partition coefficient (Wildman–Crippen LogP) is 4.90. The first-order valence-electron chi connectivity index (χ1n) is 6.96. The highest BCUT2D eigenvalue weighted by Gasteiger charge is 2.31. The third kappa shape index (κ3) is 3.51. The average molecular weight is 467 g/mol. The van der Waals surface area contributed by atoms with Gasteiger partial charge in [-0.15, -0.1) is 0 Å². The van der Waals surface area contributed by atoms with Crippen molar-refractivity contribution in [2.75, 3.05) is 0 Å². The van der Waals surface area contributed by atoms with Crippen LogP contribution in [0.2, 0.25) is 0 Å². The number of halogens is 5. The van der Waals surface area contributed by atoms with Crippen molar-refractivity contribution in [1.29, 1.82) is 0 Å². The quantitative estimate of drug-likeness (QED) is 0.546. The number of hydrogen-bond acceptors (Lipinski definition) is 3. The molecule has 4 nitrogen and oxygen atoms in total. The second kappa shape index (κ2) is 6.40. The summed E-state index contributed by atoms with van der Waals surface area (Å²) in [5.74, 6) is 0. The second-order valence-electron chi connectivity index (χ2n) is 5.35. The lowest BCUT2D eigenvalue weighted by atomic mass is 9.99. The molecule has 2 aromatic carbocycles. The van der Waals surface area contributed by atoms with Crippen LogP contribution in [0.1, 0.15) is 5.56 Å². The minimum absolute atomic E-state index is 0.0348. The summed E-state index contributed by atoms with van der Waals surface area (Å²) in [4.78, 5) is 13.8. The highest BCUT2D eigenvalue weighted by Crippen LogP contribution is 2.41. The molecule has 136 valence electrons. The number of benzene rings is 2. The van der Waals surface area contributed by atoms with Crippen molar-refractivity contribution in [2.24, 2.45) is 0 Å². The van der Waals surface area contributed by atoms with Gasteiger partial charge in [0.15, 0.2) is 0 Å². The van der Waals surface area contributed by atoms with Gasteiger partial charge in [-0.05, 0) is 35.9 Å². The predicted molar refractivity (Wildman–Crippen MR) is 95.7 cm³/mol. The average Bonchev–Trinajstić information content (AvgIpc) is 2.51. The monoisotopic (exact) mass is 465 g/mol.